The van der Waals surface area contributed by atoms with Crippen LogP contribution in [0, 0.1) is 17.0 Å². The molecular formula is C23H23N3O7S. The van der Waals surface area contributed by atoms with Crippen molar-refractivity contribution in [2.45, 2.75) is 18.4 Å². The number of amides is 1. The Morgan fingerprint density at radius 1 is 1.06 bits per heavy atom. The van der Waals surface area contributed by atoms with E-state index in [-0.39, 0.29) is 55.0 Å². The minimum absolute atomic E-state index is 0.0703. The van der Waals surface area contributed by atoms with Crippen molar-refractivity contribution in [2.75, 3.05) is 26.2 Å². The number of benzene rings is 2. The molecule has 0 aliphatic carbocycles. The number of hydrogen-bond acceptors (Lipinski definition) is 7. The molecule has 1 aliphatic rings. The molecule has 3 aromatic rings. The van der Waals surface area contributed by atoms with Gasteiger partial charge in [-0.3, -0.25) is 14.9 Å². The van der Waals surface area contributed by atoms with E-state index in [9.17, 15) is 23.3 Å². The summed E-state index contributed by atoms with van der Waals surface area (Å²) in [5, 5.41) is 11.1. The van der Waals surface area contributed by atoms with E-state index in [1.165, 1.54) is 21.3 Å². The fraction of sp³-hybridized carbons (Fsp3) is 0.261. The first-order valence-corrected chi connectivity index (χ1v) is 12.0. The number of carbonyl (C=O) groups is 1. The molecule has 34 heavy (non-hydrogen) atoms. The summed E-state index contributed by atoms with van der Waals surface area (Å²) in [5.41, 5.74) is 0.132. The number of carbonyl (C=O) groups excluding carboxylic acids is 1. The van der Waals surface area contributed by atoms with Crippen LogP contribution in [0.3, 0.4) is 0 Å². The number of rotatable bonds is 7. The Labute approximate surface area is 196 Å². The van der Waals surface area contributed by atoms with Crippen LogP contribution >= 0.6 is 0 Å². The van der Waals surface area contributed by atoms with Crippen LogP contribution in [0.15, 0.2) is 70.0 Å². The van der Waals surface area contributed by atoms with Gasteiger partial charge in [0.15, 0.2) is 5.76 Å². The Kier molecular flexibility index (Phi) is 6.66. The fourth-order valence-corrected chi connectivity index (χ4v) is 5.32. The van der Waals surface area contributed by atoms with Crippen molar-refractivity contribution in [3.63, 3.8) is 0 Å². The lowest BCUT2D eigenvalue weighted by Crippen LogP contribution is -2.50. The van der Waals surface area contributed by atoms with Gasteiger partial charge in [-0.05, 0) is 36.8 Å². The van der Waals surface area contributed by atoms with Crippen LogP contribution in [-0.2, 0) is 16.6 Å². The lowest BCUT2D eigenvalue weighted by molar-refractivity contribution is -0.385. The molecule has 1 fully saturated rings. The topological polar surface area (TPSA) is 123 Å². The van der Waals surface area contributed by atoms with Crippen molar-refractivity contribution in [1.29, 1.82) is 0 Å². The number of aryl methyl sites for hydroxylation is 1. The summed E-state index contributed by atoms with van der Waals surface area (Å²) in [4.78, 5) is 24.7. The van der Waals surface area contributed by atoms with Gasteiger partial charge in [0.2, 0.25) is 10.0 Å². The van der Waals surface area contributed by atoms with E-state index < -0.39 is 14.9 Å². The van der Waals surface area contributed by atoms with E-state index in [4.69, 9.17) is 9.15 Å². The molecular weight excluding hydrogens is 462 g/mol. The highest BCUT2D eigenvalue weighted by molar-refractivity contribution is 7.89. The Morgan fingerprint density at radius 2 is 1.76 bits per heavy atom. The van der Waals surface area contributed by atoms with Crippen LogP contribution in [0.4, 0.5) is 5.69 Å². The third-order valence-electron chi connectivity index (χ3n) is 5.52. The van der Waals surface area contributed by atoms with Gasteiger partial charge < -0.3 is 14.1 Å². The number of piperazine rings is 1. The summed E-state index contributed by atoms with van der Waals surface area (Å²) in [6.45, 7) is 2.24. The number of nitro benzene ring substituents is 1. The molecule has 2 aromatic carbocycles. The summed E-state index contributed by atoms with van der Waals surface area (Å²) in [7, 11) is -3.94. The number of para-hydroxylation sites is 1. The summed E-state index contributed by atoms with van der Waals surface area (Å²) < 4.78 is 38.7. The quantitative estimate of drug-likeness (QED) is 0.372. The molecule has 0 atom stereocenters. The fourth-order valence-electron chi connectivity index (χ4n) is 3.65. The van der Waals surface area contributed by atoms with E-state index in [2.05, 4.69) is 0 Å². The maximum atomic E-state index is 13.1. The third-order valence-corrected chi connectivity index (χ3v) is 7.56. The van der Waals surface area contributed by atoms with Crippen molar-refractivity contribution in [2.24, 2.45) is 0 Å². The third kappa shape index (κ3) is 4.95. The zero-order valence-electron chi connectivity index (χ0n) is 18.4. The average Bonchev–Trinajstić information content (AvgIpc) is 3.32. The highest BCUT2D eigenvalue weighted by Gasteiger charge is 2.33. The zero-order valence-corrected chi connectivity index (χ0v) is 19.2. The number of ether oxygens (including phenoxy) is 1. The smallest absolute Gasteiger partial charge is 0.289 e. The van der Waals surface area contributed by atoms with E-state index in [0.717, 1.165) is 6.07 Å². The second-order valence-corrected chi connectivity index (χ2v) is 9.68. The van der Waals surface area contributed by atoms with Gasteiger partial charge in [0.05, 0.1) is 9.82 Å². The van der Waals surface area contributed by atoms with Gasteiger partial charge in [-0.25, -0.2) is 8.42 Å². The minimum Gasteiger partial charge on any atom is -0.486 e. The Hall–Kier alpha value is -3.70. The summed E-state index contributed by atoms with van der Waals surface area (Å²) in [5.74, 6) is 0.990. The molecule has 178 valence electrons. The molecule has 0 saturated carbocycles. The molecule has 1 amide bonds. The lowest BCUT2D eigenvalue weighted by atomic mass is 10.2. The molecule has 1 aromatic heterocycles. The molecule has 10 nitrogen and oxygen atoms in total. The first kappa shape index (κ1) is 23.5. The Bertz CT molecular complexity index is 1300. The number of furan rings is 1. The van der Waals surface area contributed by atoms with Crippen molar-refractivity contribution >= 4 is 21.6 Å². The predicted octanol–water partition coefficient (Wildman–Crippen LogP) is 3.22. The maximum absolute atomic E-state index is 13.1. The number of non-ortho nitro benzene ring substituents is 1. The van der Waals surface area contributed by atoms with Crippen molar-refractivity contribution in [3.8, 4) is 5.75 Å². The molecule has 0 unspecified atom stereocenters. The second kappa shape index (κ2) is 9.65. The molecule has 0 spiro atoms. The van der Waals surface area contributed by atoms with E-state index in [1.54, 1.807) is 19.1 Å². The van der Waals surface area contributed by atoms with Crippen molar-refractivity contribution < 1.29 is 27.3 Å². The van der Waals surface area contributed by atoms with Gasteiger partial charge in [-0.2, -0.15) is 4.31 Å². The van der Waals surface area contributed by atoms with Gasteiger partial charge >= 0.3 is 0 Å². The lowest BCUT2D eigenvalue weighted by Gasteiger charge is -2.33. The monoisotopic (exact) mass is 485 g/mol. The molecule has 1 saturated heterocycles. The highest BCUT2D eigenvalue weighted by atomic mass is 32.2. The molecule has 11 heteroatoms. The number of hydrogen-bond donors (Lipinski definition) is 0. The van der Waals surface area contributed by atoms with Crippen LogP contribution in [0.1, 0.15) is 21.9 Å². The van der Waals surface area contributed by atoms with Crippen LogP contribution in [-0.4, -0.2) is 54.6 Å². The van der Waals surface area contributed by atoms with Crippen LogP contribution < -0.4 is 4.74 Å². The largest absolute Gasteiger partial charge is 0.486 e. The van der Waals surface area contributed by atoms with Crippen LogP contribution in [0.5, 0.6) is 5.75 Å². The molecule has 0 radical (unpaired) electrons. The molecule has 0 N–H and O–H groups in total. The Balaban J connectivity index is 1.38. The normalized spacial score (nSPS) is 14.7. The van der Waals surface area contributed by atoms with Gasteiger partial charge in [0.1, 0.15) is 18.1 Å². The van der Waals surface area contributed by atoms with E-state index >= 15 is 0 Å². The predicted molar refractivity (Wildman–Crippen MR) is 122 cm³/mol. The summed E-state index contributed by atoms with van der Waals surface area (Å²) in [6.07, 6.45) is 0. The number of nitro groups is 1. The van der Waals surface area contributed by atoms with E-state index in [0.29, 0.717) is 17.1 Å². The Morgan fingerprint density at radius 3 is 2.44 bits per heavy atom. The number of nitrogens with zero attached hydrogens (tertiary/aromatic N) is 3. The van der Waals surface area contributed by atoms with Crippen LogP contribution in [0.25, 0.3) is 0 Å². The summed E-state index contributed by atoms with van der Waals surface area (Å²) in [6, 6.07) is 16.2. The first-order valence-electron chi connectivity index (χ1n) is 10.6. The molecule has 0 bridgehead atoms. The zero-order chi connectivity index (χ0) is 24.3. The average molecular weight is 486 g/mol. The van der Waals surface area contributed by atoms with Gasteiger partial charge in [0, 0.05) is 38.3 Å². The highest BCUT2D eigenvalue weighted by Crippen LogP contribution is 2.26. The van der Waals surface area contributed by atoms with Gasteiger partial charge in [-0.1, -0.05) is 24.3 Å². The number of sulfonamides is 1. The van der Waals surface area contributed by atoms with Gasteiger partial charge in [0.25, 0.3) is 11.6 Å². The molecule has 2 heterocycles. The standard InChI is InChI=1S/C23H23N3O7S/c1-17-7-8-18(26(28)29)15-22(17)34(30,31)25-13-11-24(12-14-25)23(27)21-10-9-20(33-21)16-32-19-5-3-2-4-6-19/h2-10,15H,11-14,16H2,1H3. The maximum Gasteiger partial charge on any atom is 0.289 e. The van der Waals surface area contributed by atoms with Crippen molar-refractivity contribution in [3.05, 3.63) is 87.9 Å². The molecule has 4 rings (SSSR count). The summed E-state index contributed by atoms with van der Waals surface area (Å²) >= 11 is 0. The van der Waals surface area contributed by atoms with Gasteiger partial charge in [-0.15, -0.1) is 0 Å². The molecule has 1 aliphatic heterocycles. The van der Waals surface area contributed by atoms with Crippen LogP contribution in [0.2, 0.25) is 0 Å². The van der Waals surface area contributed by atoms with E-state index in [1.807, 2.05) is 30.3 Å². The van der Waals surface area contributed by atoms with Crippen molar-refractivity contribution in [1.82, 2.24) is 9.21 Å². The minimum atomic E-state index is -3.94. The first-order chi connectivity index (χ1) is 16.3. The second-order valence-electron chi connectivity index (χ2n) is 7.77. The SMILES string of the molecule is Cc1ccc([N+](=O)[O-])cc1S(=O)(=O)N1CCN(C(=O)c2ccc(COc3ccccc3)o2)CC1.